The Labute approximate surface area is 183 Å². The summed E-state index contributed by atoms with van der Waals surface area (Å²) in [6.45, 7) is 0. The number of nitrogens with one attached hydrogen (secondary N) is 1. The Balaban J connectivity index is 1.72. The Morgan fingerprint density at radius 1 is 0.704 bits per heavy atom. The first-order valence-electron chi connectivity index (χ1n) is 8.18. The van der Waals surface area contributed by atoms with Crippen LogP contribution in [0.1, 0.15) is 16.7 Å². The maximum Gasteiger partial charge on any atom is 0.135 e. The normalized spacial score (nSPS) is 14.0. The minimum Gasteiger partial charge on any atom is -0.558 e. The van der Waals surface area contributed by atoms with E-state index in [0.29, 0.717) is 6.17 Å². The van der Waals surface area contributed by atoms with Gasteiger partial charge in [-0.05, 0) is 38.1 Å². The zero-order valence-electron chi connectivity index (χ0n) is 14.0. The first-order valence-corrected chi connectivity index (χ1v) is 10.6. The van der Waals surface area contributed by atoms with E-state index in [0.717, 1.165) is 42.1 Å². The second-order valence-corrected chi connectivity index (χ2v) is 8.64. The molecule has 27 heavy (non-hydrogen) atoms. The van der Waals surface area contributed by atoms with E-state index in [1.807, 2.05) is 72.8 Å². The lowest BCUT2D eigenvalue weighted by Gasteiger charge is -2.44. The second kappa shape index (κ2) is 8.10. The number of benzene rings is 3. The minimum absolute atomic E-state index is 0.678. The monoisotopic (exact) mass is 544 g/mol. The molecule has 1 aliphatic rings. The van der Waals surface area contributed by atoms with Gasteiger partial charge in [-0.3, -0.25) is 0 Å². The van der Waals surface area contributed by atoms with E-state index in [4.69, 9.17) is 10.6 Å². The number of amidine groups is 1. The predicted octanol–water partition coefficient (Wildman–Crippen LogP) is 5.64. The van der Waals surface area contributed by atoms with Crippen molar-refractivity contribution in [2.75, 3.05) is 0 Å². The van der Waals surface area contributed by atoms with Crippen LogP contribution in [0.15, 0.2) is 86.2 Å². The molecule has 0 bridgehead atoms. The molecule has 3 nitrogen and oxygen atoms in total. The average molecular weight is 547 g/mol. The first-order chi connectivity index (χ1) is 13.1. The zero-order valence-corrected chi connectivity index (χ0v) is 18.7. The molecule has 3 aromatic carbocycles. The first kappa shape index (κ1) is 18.6. The van der Waals surface area contributed by atoms with Crippen LogP contribution in [0, 0.1) is 12.3 Å². The fourth-order valence-electron chi connectivity index (χ4n) is 2.62. The number of hydrogen-bond donors (Lipinski definition) is 1. The van der Waals surface area contributed by atoms with Gasteiger partial charge in [0, 0.05) is 39.4 Å². The summed E-state index contributed by atoms with van der Waals surface area (Å²) in [5.74, 6) is 0.772. The third-order valence-electron chi connectivity index (χ3n) is 4.01. The van der Waals surface area contributed by atoms with Crippen LogP contribution in [0.25, 0.3) is 10.6 Å². The van der Waals surface area contributed by atoms with Crippen LogP contribution in [0.2, 0.25) is 0 Å². The molecule has 0 saturated heterocycles. The van der Waals surface area contributed by atoms with E-state index in [1.165, 1.54) is 0 Å². The molecule has 1 heterocycles. The van der Waals surface area contributed by atoms with E-state index < -0.39 is 0 Å². The smallest absolute Gasteiger partial charge is 0.135 e. The number of hydrogen-bond acceptors (Lipinski definition) is 0. The Kier molecular flexibility index (Phi) is 5.59. The molecule has 1 N–H and O–H groups in total. The molecule has 0 amide bonds. The molecule has 0 atom stereocenters. The van der Waals surface area contributed by atoms with Gasteiger partial charge < -0.3 is 10.3 Å². The highest BCUT2D eigenvalue weighted by Gasteiger charge is 2.18. The van der Waals surface area contributed by atoms with Crippen LogP contribution < -0.4 is 4.99 Å². The molecular formula is C21H13Br3N3-. The summed E-state index contributed by atoms with van der Waals surface area (Å²) in [6, 6.07) is 24.1. The molecule has 1 aliphatic heterocycles. The summed E-state index contributed by atoms with van der Waals surface area (Å²) < 4.78 is 3.08. The minimum atomic E-state index is 0.678. The molecule has 3 aromatic rings. The van der Waals surface area contributed by atoms with Gasteiger partial charge in [0.2, 0.25) is 0 Å². The SMILES string of the molecule is Brc1ccc(C2=[NH+][C-](c3ccc(Br)cc3)[N-][C+](c3ccc(Br)cc3)[N-]2)cc1. The van der Waals surface area contributed by atoms with E-state index in [1.54, 1.807) is 0 Å². The third-order valence-corrected chi connectivity index (χ3v) is 5.60. The molecule has 0 unspecified atom stereocenters. The molecule has 0 aliphatic carbocycles. The Hall–Kier alpha value is -1.73. The van der Waals surface area contributed by atoms with Crippen molar-refractivity contribution in [2.24, 2.45) is 0 Å². The van der Waals surface area contributed by atoms with Gasteiger partial charge in [0.1, 0.15) is 5.56 Å². The molecule has 0 aromatic heterocycles. The summed E-state index contributed by atoms with van der Waals surface area (Å²) in [5, 5.41) is 9.54. The standard InChI is InChI=1S/C21H13Br3N3/c22-16-7-1-13(2-8-16)19-25-20(14-3-9-17(23)10-4-14)27-21(26-19)15-5-11-18(24)12-6-15/h1-12,25H/q-1. The van der Waals surface area contributed by atoms with Crippen LogP contribution >= 0.6 is 47.8 Å². The highest BCUT2D eigenvalue weighted by atomic mass is 79.9. The lowest BCUT2D eigenvalue weighted by atomic mass is 10.1. The maximum absolute atomic E-state index is 4.77. The molecule has 0 spiro atoms. The van der Waals surface area contributed by atoms with Crippen molar-refractivity contribution in [2.45, 2.75) is 0 Å². The average Bonchev–Trinajstić information content (AvgIpc) is 2.69. The summed E-state index contributed by atoms with van der Waals surface area (Å²) in [4.78, 5) is 3.38. The fraction of sp³-hybridized carbons (Fsp3) is 0. The lowest BCUT2D eigenvalue weighted by Crippen LogP contribution is -2.76. The van der Waals surface area contributed by atoms with Crippen LogP contribution in [-0.2, 0) is 0 Å². The largest absolute Gasteiger partial charge is 0.558 e. The quantitative estimate of drug-likeness (QED) is 0.413. The highest BCUT2D eigenvalue weighted by Crippen LogP contribution is 2.35. The van der Waals surface area contributed by atoms with Crippen LogP contribution in [0.4, 0.5) is 0 Å². The fourth-order valence-corrected chi connectivity index (χ4v) is 3.41. The van der Waals surface area contributed by atoms with Gasteiger partial charge in [0.15, 0.2) is 0 Å². The molecule has 0 saturated carbocycles. The van der Waals surface area contributed by atoms with Crippen LogP contribution in [-0.4, -0.2) is 5.84 Å². The molecular weight excluding hydrogens is 534 g/mol. The van der Waals surface area contributed by atoms with Gasteiger partial charge in [-0.15, -0.1) is 12.1 Å². The summed E-state index contributed by atoms with van der Waals surface area (Å²) in [7, 11) is 0. The number of halogens is 3. The summed E-state index contributed by atoms with van der Waals surface area (Å²) >= 11 is 10.4. The van der Waals surface area contributed by atoms with Crippen molar-refractivity contribution < 1.29 is 4.99 Å². The Morgan fingerprint density at radius 3 is 1.81 bits per heavy atom. The Bertz CT molecular complexity index is 951. The second-order valence-electron chi connectivity index (χ2n) is 5.89. The molecule has 0 radical (unpaired) electrons. The topological polar surface area (TPSA) is 42.2 Å². The third kappa shape index (κ3) is 4.41. The molecule has 4 rings (SSSR count). The van der Waals surface area contributed by atoms with Crippen molar-refractivity contribution in [1.29, 1.82) is 0 Å². The summed E-state index contributed by atoms with van der Waals surface area (Å²) in [5.41, 5.74) is 2.96. The molecule has 0 fully saturated rings. The van der Waals surface area contributed by atoms with Crippen molar-refractivity contribution in [3.05, 3.63) is 126 Å². The Morgan fingerprint density at radius 2 is 1.22 bits per heavy atom. The van der Waals surface area contributed by atoms with E-state index >= 15 is 0 Å². The number of rotatable bonds is 3. The molecule has 6 heteroatoms. The van der Waals surface area contributed by atoms with Crippen LogP contribution in [0.5, 0.6) is 0 Å². The maximum atomic E-state index is 4.77. The van der Waals surface area contributed by atoms with Gasteiger partial charge in [0.25, 0.3) is 0 Å². The predicted molar refractivity (Wildman–Crippen MR) is 119 cm³/mol. The van der Waals surface area contributed by atoms with Gasteiger partial charge in [-0.1, -0.05) is 56.1 Å². The van der Waals surface area contributed by atoms with Gasteiger partial charge in [0.05, 0.1) is 5.84 Å². The van der Waals surface area contributed by atoms with Gasteiger partial charge in [-0.2, -0.15) is 11.7 Å². The van der Waals surface area contributed by atoms with Crippen molar-refractivity contribution in [1.82, 2.24) is 0 Å². The summed E-state index contributed by atoms with van der Waals surface area (Å²) in [6.07, 6.45) is 1.45. The van der Waals surface area contributed by atoms with Crippen molar-refractivity contribution in [3.63, 3.8) is 0 Å². The van der Waals surface area contributed by atoms with Gasteiger partial charge in [-0.25, -0.2) is 5.32 Å². The lowest BCUT2D eigenvalue weighted by molar-refractivity contribution is -0.427. The van der Waals surface area contributed by atoms with E-state index in [2.05, 4.69) is 52.8 Å². The zero-order chi connectivity index (χ0) is 18.8. The number of nitrogens with zero attached hydrogens (tertiary/aromatic N) is 2. The molecule has 134 valence electrons. The van der Waals surface area contributed by atoms with E-state index in [9.17, 15) is 0 Å². The van der Waals surface area contributed by atoms with Crippen LogP contribution in [0.3, 0.4) is 0 Å². The van der Waals surface area contributed by atoms with Crippen molar-refractivity contribution in [3.8, 4) is 0 Å². The van der Waals surface area contributed by atoms with E-state index in [-0.39, 0.29) is 0 Å². The van der Waals surface area contributed by atoms with Gasteiger partial charge >= 0.3 is 0 Å². The van der Waals surface area contributed by atoms with Crippen molar-refractivity contribution >= 4 is 53.6 Å². The highest BCUT2D eigenvalue weighted by molar-refractivity contribution is 9.11.